The first-order valence-electron chi connectivity index (χ1n) is 10.5. The number of hydrogen-bond donors (Lipinski definition) is 2. The zero-order chi connectivity index (χ0) is 25.1. The summed E-state index contributed by atoms with van der Waals surface area (Å²) in [4.78, 5) is 30.6. The Morgan fingerprint density at radius 3 is 2.57 bits per heavy atom. The molecule has 35 heavy (non-hydrogen) atoms. The second kappa shape index (κ2) is 10.1. The van der Waals surface area contributed by atoms with E-state index in [4.69, 9.17) is 9.47 Å². The van der Waals surface area contributed by atoms with Gasteiger partial charge in [-0.1, -0.05) is 17.8 Å². The van der Waals surface area contributed by atoms with Gasteiger partial charge in [0.1, 0.15) is 11.6 Å². The van der Waals surface area contributed by atoms with Crippen LogP contribution in [0.25, 0.3) is 16.6 Å². The standard InChI is InChI=1S/C25H22FN3O5S/c1-14-4-5-15(10-19(14)26)27-23(31)13-35-25-28-20-8-7-17(30)12-18(20)24(32)29(25)16-6-9-21(33-2)22(11-16)34-3/h4-12,30H,13H2,1-3H3,(H,27,31). The number of hydrogen-bond acceptors (Lipinski definition) is 7. The smallest absolute Gasteiger partial charge is 0.266 e. The summed E-state index contributed by atoms with van der Waals surface area (Å²) in [5.74, 6) is -0.0777. The Hall–Kier alpha value is -4.05. The molecule has 1 heterocycles. The molecule has 0 aliphatic heterocycles. The van der Waals surface area contributed by atoms with Crippen LogP contribution in [0.5, 0.6) is 17.2 Å². The van der Waals surface area contributed by atoms with Crippen molar-refractivity contribution in [3.63, 3.8) is 0 Å². The molecule has 8 nitrogen and oxygen atoms in total. The first-order valence-corrected chi connectivity index (χ1v) is 11.5. The van der Waals surface area contributed by atoms with Gasteiger partial charge in [0.25, 0.3) is 5.56 Å². The van der Waals surface area contributed by atoms with Crippen LogP contribution in [0.2, 0.25) is 0 Å². The Morgan fingerprint density at radius 1 is 1.09 bits per heavy atom. The van der Waals surface area contributed by atoms with Crippen molar-refractivity contribution in [3.05, 3.63) is 76.3 Å². The highest BCUT2D eigenvalue weighted by molar-refractivity contribution is 7.99. The number of anilines is 1. The third-order valence-electron chi connectivity index (χ3n) is 5.23. The second-order valence-corrected chi connectivity index (χ2v) is 8.52. The minimum Gasteiger partial charge on any atom is -0.508 e. The average Bonchev–Trinajstić information content (AvgIpc) is 2.85. The predicted molar refractivity (Wildman–Crippen MR) is 133 cm³/mol. The minimum absolute atomic E-state index is 0.0691. The maximum absolute atomic E-state index is 13.8. The fourth-order valence-electron chi connectivity index (χ4n) is 3.44. The number of aromatic nitrogens is 2. The van der Waals surface area contributed by atoms with Crippen LogP contribution in [-0.2, 0) is 4.79 Å². The summed E-state index contributed by atoms with van der Waals surface area (Å²) in [6.45, 7) is 1.63. The molecule has 0 fully saturated rings. The van der Waals surface area contributed by atoms with E-state index in [0.29, 0.717) is 34.0 Å². The maximum Gasteiger partial charge on any atom is 0.266 e. The number of halogens is 1. The van der Waals surface area contributed by atoms with Crippen LogP contribution >= 0.6 is 11.8 Å². The summed E-state index contributed by atoms with van der Waals surface area (Å²) in [6, 6.07) is 13.7. The van der Waals surface area contributed by atoms with Gasteiger partial charge < -0.3 is 19.9 Å². The van der Waals surface area contributed by atoms with Crippen molar-refractivity contribution < 1.29 is 23.8 Å². The molecule has 0 atom stereocenters. The molecule has 0 aliphatic rings. The van der Waals surface area contributed by atoms with Crippen LogP contribution in [0.4, 0.5) is 10.1 Å². The van der Waals surface area contributed by atoms with Crippen molar-refractivity contribution in [3.8, 4) is 22.9 Å². The van der Waals surface area contributed by atoms with E-state index in [0.717, 1.165) is 11.8 Å². The number of benzene rings is 3. The zero-order valence-corrected chi connectivity index (χ0v) is 20.0. The third-order valence-corrected chi connectivity index (χ3v) is 6.17. The Kier molecular flexibility index (Phi) is 6.92. The van der Waals surface area contributed by atoms with Crippen LogP contribution in [-0.4, -0.2) is 40.5 Å². The number of phenolic OH excluding ortho intramolecular Hbond substituents is 1. The van der Waals surface area contributed by atoms with Gasteiger partial charge in [-0.05, 0) is 55.0 Å². The summed E-state index contributed by atoms with van der Waals surface area (Å²) in [5.41, 5.74) is 1.18. The molecule has 0 saturated carbocycles. The lowest BCUT2D eigenvalue weighted by Crippen LogP contribution is -2.23. The number of thioether (sulfide) groups is 1. The van der Waals surface area contributed by atoms with Crippen LogP contribution in [0.3, 0.4) is 0 Å². The number of carbonyl (C=O) groups is 1. The largest absolute Gasteiger partial charge is 0.508 e. The predicted octanol–water partition coefficient (Wildman–Crippen LogP) is 4.29. The molecule has 2 N–H and O–H groups in total. The highest BCUT2D eigenvalue weighted by Crippen LogP contribution is 2.31. The molecule has 0 spiro atoms. The normalized spacial score (nSPS) is 10.9. The van der Waals surface area contributed by atoms with Crippen molar-refractivity contribution in [2.75, 3.05) is 25.3 Å². The second-order valence-electron chi connectivity index (χ2n) is 7.58. The molecule has 0 saturated heterocycles. The summed E-state index contributed by atoms with van der Waals surface area (Å²) in [5, 5.41) is 13.0. The van der Waals surface area contributed by atoms with Crippen molar-refractivity contribution in [2.45, 2.75) is 12.1 Å². The van der Waals surface area contributed by atoms with E-state index in [1.54, 1.807) is 37.3 Å². The van der Waals surface area contributed by atoms with Gasteiger partial charge in [-0.3, -0.25) is 14.2 Å². The number of rotatable bonds is 7. The zero-order valence-electron chi connectivity index (χ0n) is 19.2. The highest BCUT2D eigenvalue weighted by Gasteiger charge is 2.17. The fourth-order valence-corrected chi connectivity index (χ4v) is 4.25. The summed E-state index contributed by atoms with van der Waals surface area (Å²) < 4.78 is 25.8. The number of methoxy groups -OCH3 is 2. The average molecular weight is 496 g/mol. The third kappa shape index (κ3) is 5.07. The molecule has 4 rings (SSSR count). The molecular weight excluding hydrogens is 473 g/mol. The molecule has 4 aromatic rings. The van der Waals surface area contributed by atoms with E-state index in [-0.39, 0.29) is 22.0 Å². The number of phenols is 1. The maximum atomic E-state index is 13.8. The Balaban J connectivity index is 1.72. The van der Waals surface area contributed by atoms with Crippen LogP contribution in [0.1, 0.15) is 5.56 Å². The van der Waals surface area contributed by atoms with Gasteiger partial charge in [0.15, 0.2) is 16.7 Å². The number of aryl methyl sites for hydroxylation is 1. The van der Waals surface area contributed by atoms with Gasteiger partial charge in [-0.2, -0.15) is 0 Å². The van der Waals surface area contributed by atoms with Gasteiger partial charge in [0.05, 0.1) is 36.6 Å². The Bertz CT molecular complexity index is 1490. The van der Waals surface area contributed by atoms with Gasteiger partial charge in [0.2, 0.25) is 5.91 Å². The molecule has 0 radical (unpaired) electrons. The SMILES string of the molecule is COc1ccc(-n2c(SCC(=O)Nc3ccc(C)c(F)c3)nc3ccc(O)cc3c2=O)cc1OC. The van der Waals surface area contributed by atoms with E-state index in [2.05, 4.69) is 10.3 Å². The molecule has 0 aliphatic carbocycles. The molecule has 0 unspecified atom stereocenters. The van der Waals surface area contributed by atoms with E-state index < -0.39 is 17.3 Å². The topological polar surface area (TPSA) is 103 Å². The van der Waals surface area contributed by atoms with Crippen LogP contribution in [0.15, 0.2) is 64.5 Å². The van der Waals surface area contributed by atoms with E-state index in [1.165, 1.54) is 43.1 Å². The van der Waals surface area contributed by atoms with Gasteiger partial charge >= 0.3 is 0 Å². The number of nitrogens with zero attached hydrogens (tertiary/aromatic N) is 2. The van der Waals surface area contributed by atoms with E-state index in [1.807, 2.05) is 0 Å². The van der Waals surface area contributed by atoms with Gasteiger partial charge in [-0.15, -0.1) is 0 Å². The van der Waals surface area contributed by atoms with Crippen LogP contribution in [0, 0.1) is 12.7 Å². The lowest BCUT2D eigenvalue weighted by molar-refractivity contribution is -0.113. The number of amides is 1. The van der Waals surface area contributed by atoms with Crippen molar-refractivity contribution in [1.82, 2.24) is 9.55 Å². The molecule has 3 aromatic carbocycles. The first kappa shape index (κ1) is 24.1. The molecule has 10 heteroatoms. The first-order chi connectivity index (χ1) is 16.8. The molecule has 180 valence electrons. The molecule has 0 bridgehead atoms. The lowest BCUT2D eigenvalue weighted by Gasteiger charge is -2.15. The van der Waals surface area contributed by atoms with Crippen molar-refractivity contribution in [1.29, 1.82) is 0 Å². The van der Waals surface area contributed by atoms with Crippen molar-refractivity contribution >= 4 is 34.3 Å². The fraction of sp³-hybridized carbons (Fsp3) is 0.160. The minimum atomic E-state index is -0.429. The quantitative estimate of drug-likeness (QED) is 0.291. The summed E-state index contributed by atoms with van der Waals surface area (Å²) in [6.07, 6.45) is 0. The summed E-state index contributed by atoms with van der Waals surface area (Å²) in [7, 11) is 2.98. The number of nitrogens with one attached hydrogen (secondary N) is 1. The molecule has 1 aromatic heterocycles. The van der Waals surface area contributed by atoms with E-state index in [9.17, 15) is 19.1 Å². The molecular formula is C25H22FN3O5S. The Morgan fingerprint density at radius 2 is 1.86 bits per heavy atom. The molecule has 1 amide bonds. The van der Waals surface area contributed by atoms with Gasteiger partial charge in [-0.25, -0.2) is 9.37 Å². The number of carbonyl (C=O) groups excluding carboxylic acids is 1. The highest BCUT2D eigenvalue weighted by atomic mass is 32.2. The summed E-state index contributed by atoms with van der Waals surface area (Å²) >= 11 is 1.04. The number of ether oxygens (including phenoxy) is 2. The van der Waals surface area contributed by atoms with Crippen LogP contribution < -0.4 is 20.3 Å². The monoisotopic (exact) mass is 495 g/mol. The number of aromatic hydroxyl groups is 1. The number of fused-ring (bicyclic) bond motifs is 1. The van der Waals surface area contributed by atoms with E-state index >= 15 is 0 Å². The van der Waals surface area contributed by atoms with Crippen molar-refractivity contribution in [2.24, 2.45) is 0 Å². The lowest BCUT2D eigenvalue weighted by atomic mass is 10.2. The van der Waals surface area contributed by atoms with Gasteiger partial charge in [0, 0.05) is 11.8 Å². The Labute approximate surface area is 204 Å².